The molecule has 0 saturated carbocycles. The van der Waals surface area contributed by atoms with Gasteiger partial charge in [-0.05, 0) is 75.1 Å². The predicted octanol–water partition coefficient (Wildman–Crippen LogP) is 4.90. The molecule has 5 heterocycles. The molecule has 0 radical (unpaired) electrons. The van der Waals surface area contributed by atoms with E-state index in [0.717, 1.165) is 48.4 Å². The van der Waals surface area contributed by atoms with Crippen LogP contribution in [0.3, 0.4) is 0 Å². The Labute approximate surface area is 333 Å². The number of benzene rings is 3. The summed E-state index contributed by atoms with van der Waals surface area (Å²) < 4.78 is 60.5. The fourth-order valence-electron chi connectivity index (χ4n) is 6.66. The first kappa shape index (κ1) is 41.0. The third-order valence-corrected chi connectivity index (χ3v) is 11.7. The third-order valence-electron chi connectivity index (χ3n) is 9.85. The molecule has 0 amide bonds. The standard InChI is InChI=1S/C22H23FO6S.C19H19FO6S/c1-27-15-5-4-13-8-12(2-3-14(13)10-15)9-18-16(6-7-30-18)28-22-21(26)20(25)19(23)17(11-24)29-22;20-16-14(9-21)26-19(18(23)17(16)22)25-13-4-6-27-15(13)8-10-1-2-12-11(7-10)3-5-24-12/h2-8,10,17,19-22,24-26H,9,11H2,1H3;1-7,14,16-19,21-23H,8-9H2. The van der Waals surface area contributed by atoms with Crippen LogP contribution in [0.25, 0.3) is 21.7 Å². The molecular formula is C41H42F2O12S2. The number of halogens is 2. The lowest BCUT2D eigenvalue weighted by atomic mass is 10.0. The molecule has 2 aliphatic rings. The normalized spacial score (nSPS) is 27.5. The Morgan fingerprint density at radius 3 is 1.67 bits per heavy atom. The molecule has 3 aromatic heterocycles. The van der Waals surface area contributed by atoms with Crippen LogP contribution in [-0.4, -0.2) is 113 Å². The summed E-state index contributed by atoms with van der Waals surface area (Å²) in [7, 11) is 1.64. The number of aliphatic hydroxyl groups excluding tert-OH is 6. The molecule has 3 aromatic carbocycles. The smallest absolute Gasteiger partial charge is 0.229 e. The molecule has 10 unspecified atom stereocenters. The fourth-order valence-corrected chi connectivity index (χ4v) is 8.34. The van der Waals surface area contributed by atoms with Crippen molar-refractivity contribution in [3.63, 3.8) is 0 Å². The van der Waals surface area contributed by atoms with Crippen molar-refractivity contribution >= 4 is 44.4 Å². The molecule has 0 aliphatic carbocycles. The molecule has 12 nitrogen and oxygen atoms in total. The Kier molecular flexibility index (Phi) is 13.1. The van der Waals surface area contributed by atoms with Crippen LogP contribution >= 0.6 is 22.7 Å². The minimum atomic E-state index is -1.89. The highest BCUT2D eigenvalue weighted by Crippen LogP contribution is 2.35. The molecule has 304 valence electrons. The SMILES string of the molecule is COc1ccc2cc(Cc3sccc3OC3OC(CO)C(F)C(O)C3O)ccc2c1.OCC1OC(Oc2ccsc2Cc2ccc3occc3c2)C(O)C(O)C1F. The van der Waals surface area contributed by atoms with Crippen LogP contribution in [0.5, 0.6) is 17.2 Å². The van der Waals surface area contributed by atoms with Gasteiger partial charge in [0.15, 0.2) is 12.3 Å². The number of hydrogen-bond acceptors (Lipinski definition) is 14. The summed E-state index contributed by atoms with van der Waals surface area (Å²) in [6.45, 7) is -1.24. The Bertz CT molecular complexity index is 2220. The van der Waals surface area contributed by atoms with Crippen molar-refractivity contribution in [1.82, 2.24) is 0 Å². The van der Waals surface area contributed by atoms with E-state index in [2.05, 4.69) is 6.07 Å². The zero-order valence-corrected chi connectivity index (χ0v) is 32.1. The summed E-state index contributed by atoms with van der Waals surface area (Å²) in [4.78, 5) is 1.79. The molecule has 16 heteroatoms. The minimum Gasteiger partial charge on any atom is -0.497 e. The summed E-state index contributed by atoms with van der Waals surface area (Å²) in [5, 5.41) is 65.2. The summed E-state index contributed by atoms with van der Waals surface area (Å²) in [5.74, 6) is 1.77. The van der Waals surface area contributed by atoms with E-state index in [4.69, 9.17) is 28.1 Å². The molecule has 2 saturated heterocycles. The Hall–Kier alpha value is -4.20. The van der Waals surface area contributed by atoms with Gasteiger partial charge in [-0.2, -0.15) is 0 Å². The highest BCUT2D eigenvalue weighted by Gasteiger charge is 2.47. The van der Waals surface area contributed by atoms with E-state index in [0.29, 0.717) is 24.3 Å². The van der Waals surface area contributed by atoms with Gasteiger partial charge in [-0.25, -0.2) is 8.78 Å². The molecule has 10 atom stereocenters. The second-order valence-corrected chi connectivity index (χ2v) is 15.6. The van der Waals surface area contributed by atoms with Crippen LogP contribution in [0.4, 0.5) is 8.78 Å². The largest absolute Gasteiger partial charge is 0.497 e. The van der Waals surface area contributed by atoms with Crippen molar-refractivity contribution in [1.29, 1.82) is 0 Å². The van der Waals surface area contributed by atoms with Gasteiger partial charge < -0.3 is 58.7 Å². The predicted molar refractivity (Wildman–Crippen MR) is 208 cm³/mol. The molecule has 57 heavy (non-hydrogen) atoms. The van der Waals surface area contributed by atoms with Crippen molar-refractivity contribution < 1.29 is 67.5 Å². The molecule has 2 aliphatic heterocycles. The maximum Gasteiger partial charge on any atom is 0.229 e. The average molecular weight is 829 g/mol. The number of alkyl halides is 2. The van der Waals surface area contributed by atoms with Gasteiger partial charge in [0.1, 0.15) is 59.5 Å². The van der Waals surface area contributed by atoms with E-state index in [1.807, 2.05) is 65.4 Å². The minimum absolute atomic E-state index is 0.484. The van der Waals surface area contributed by atoms with Crippen LogP contribution in [0.2, 0.25) is 0 Å². The van der Waals surface area contributed by atoms with E-state index in [-0.39, 0.29) is 0 Å². The lowest BCUT2D eigenvalue weighted by Crippen LogP contribution is -2.58. The number of furan rings is 1. The first-order chi connectivity index (χ1) is 27.6. The number of methoxy groups -OCH3 is 1. The Morgan fingerprint density at radius 2 is 1.12 bits per heavy atom. The van der Waals surface area contributed by atoms with E-state index in [1.165, 1.54) is 22.7 Å². The van der Waals surface area contributed by atoms with Gasteiger partial charge in [-0.15, -0.1) is 22.7 Å². The van der Waals surface area contributed by atoms with Gasteiger partial charge in [-0.1, -0.05) is 30.3 Å². The van der Waals surface area contributed by atoms with E-state index < -0.39 is 74.8 Å². The van der Waals surface area contributed by atoms with E-state index in [1.54, 1.807) is 25.5 Å². The molecule has 6 aromatic rings. The zero-order valence-electron chi connectivity index (χ0n) is 30.5. The van der Waals surface area contributed by atoms with Gasteiger partial charge >= 0.3 is 0 Å². The second-order valence-electron chi connectivity index (χ2n) is 13.6. The number of fused-ring (bicyclic) bond motifs is 2. The quantitative estimate of drug-likeness (QED) is 0.104. The highest BCUT2D eigenvalue weighted by atomic mass is 32.1. The first-order valence-corrected chi connectivity index (χ1v) is 19.8. The van der Waals surface area contributed by atoms with Gasteiger partial charge in [0.05, 0.1) is 36.3 Å². The molecular weight excluding hydrogens is 787 g/mol. The molecule has 2 fully saturated rings. The molecule has 8 rings (SSSR count). The van der Waals surface area contributed by atoms with Crippen molar-refractivity contribution in [2.45, 2.75) is 74.4 Å². The summed E-state index contributed by atoms with van der Waals surface area (Å²) in [5.41, 5.74) is 2.94. The van der Waals surface area contributed by atoms with Crippen molar-refractivity contribution in [2.24, 2.45) is 0 Å². The average Bonchev–Trinajstić information content (AvgIpc) is 4.00. The number of rotatable bonds is 11. The molecule has 6 N–H and O–H groups in total. The van der Waals surface area contributed by atoms with Crippen LogP contribution in [0.1, 0.15) is 20.9 Å². The van der Waals surface area contributed by atoms with Gasteiger partial charge in [0.25, 0.3) is 0 Å². The highest BCUT2D eigenvalue weighted by molar-refractivity contribution is 7.10. The van der Waals surface area contributed by atoms with Crippen molar-refractivity contribution in [3.8, 4) is 17.2 Å². The molecule has 0 bridgehead atoms. The van der Waals surface area contributed by atoms with E-state index in [9.17, 15) is 39.4 Å². The maximum absolute atomic E-state index is 13.9. The summed E-state index contributed by atoms with van der Waals surface area (Å²) in [6, 6.07) is 23.3. The van der Waals surface area contributed by atoms with Gasteiger partial charge in [0, 0.05) is 18.2 Å². The third kappa shape index (κ3) is 9.10. The van der Waals surface area contributed by atoms with Gasteiger partial charge in [-0.3, -0.25) is 0 Å². The number of thiophene rings is 2. The van der Waals surface area contributed by atoms with Gasteiger partial charge in [0.2, 0.25) is 12.6 Å². The van der Waals surface area contributed by atoms with Crippen molar-refractivity contribution in [2.75, 3.05) is 20.3 Å². The first-order valence-electron chi connectivity index (χ1n) is 18.1. The van der Waals surface area contributed by atoms with Crippen LogP contribution in [-0.2, 0) is 22.3 Å². The summed E-state index contributed by atoms with van der Waals surface area (Å²) >= 11 is 2.96. The van der Waals surface area contributed by atoms with Crippen LogP contribution < -0.4 is 14.2 Å². The second kappa shape index (κ2) is 18.2. The van der Waals surface area contributed by atoms with E-state index >= 15 is 0 Å². The number of hydrogen-bond donors (Lipinski definition) is 6. The number of aliphatic hydroxyl groups is 6. The van der Waals surface area contributed by atoms with Crippen LogP contribution in [0, 0.1) is 0 Å². The molecule has 0 spiro atoms. The Morgan fingerprint density at radius 1 is 0.614 bits per heavy atom. The lowest BCUT2D eigenvalue weighted by molar-refractivity contribution is -0.265. The topological polar surface area (TPSA) is 181 Å². The monoisotopic (exact) mass is 828 g/mol. The fraction of sp³-hybridized carbons (Fsp3) is 0.366. The van der Waals surface area contributed by atoms with Crippen molar-refractivity contribution in [3.05, 3.63) is 111 Å². The zero-order chi connectivity index (χ0) is 40.2. The number of ether oxygens (including phenoxy) is 5. The summed E-state index contributed by atoms with van der Waals surface area (Å²) in [6.07, 6.45) is -12.5. The Balaban J connectivity index is 0.000000175. The lowest BCUT2D eigenvalue weighted by Gasteiger charge is -2.38. The maximum atomic E-state index is 13.9. The van der Waals surface area contributed by atoms with Crippen LogP contribution in [0.15, 0.2) is 94.2 Å².